The van der Waals surface area contributed by atoms with E-state index in [2.05, 4.69) is 5.32 Å². The van der Waals surface area contributed by atoms with Crippen molar-refractivity contribution in [1.82, 2.24) is 0 Å². The first-order chi connectivity index (χ1) is 9.81. The van der Waals surface area contributed by atoms with E-state index in [0.29, 0.717) is 5.69 Å². The highest BCUT2D eigenvalue weighted by molar-refractivity contribution is 7.80. The minimum Gasteiger partial charge on any atom is -0.389 e. The zero-order valence-electron chi connectivity index (χ0n) is 12.2. The molecule has 1 fully saturated rings. The van der Waals surface area contributed by atoms with Crippen molar-refractivity contribution in [2.75, 3.05) is 5.32 Å². The maximum atomic E-state index is 13.5. The van der Waals surface area contributed by atoms with Gasteiger partial charge in [0.25, 0.3) is 0 Å². The highest BCUT2D eigenvalue weighted by Crippen LogP contribution is 2.33. The van der Waals surface area contributed by atoms with Gasteiger partial charge >= 0.3 is 0 Å². The Kier molecular flexibility index (Phi) is 4.58. The Morgan fingerprint density at radius 2 is 2.00 bits per heavy atom. The van der Waals surface area contributed by atoms with E-state index in [-0.39, 0.29) is 40.5 Å². The number of carbonyl (C=O) groups excluding carboxylic acids is 1. The maximum absolute atomic E-state index is 13.5. The topological polar surface area (TPSA) is 64.3 Å². The number of nitrogens with one attached hydrogen (secondary N) is 1. The van der Waals surface area contributed by atoms with Crippen molar-refractivity contribution in [3.8, 4) is 0 Å². The van der Waals surface area contributed by atoms with Crippen LogP contribution in [-0.2, 0) is 9.53 Å². The molecule has 1 aliphatic rings. The highest BCUT2D eigenvalue weighted by Gasteiger charge is 2.41. The van der Waals surface area contributed by atoms with Gasteiger partial charge in [-0.25, -0.2) is 4.39 Å². The molecule has 6 heteroatoms. The molecule has 4 atom stereocenters. The van der Waals surface area contributed by atoms with Gasteiger partial charge in [-0.3, -0.25) is 4.79 Å². The molecule has 1 saturated heterocycles. The van der Waals surface area contributed by atoms with Gasteiger partial charge in [-0.05, 0) is 38.0 Å². The number of ether oxygens (including phenoxy) is 1. The fraction of sp³-hybridized carbons (Fsp3) is 0.467. The van der Waals surface area contributed by atoms with E-state index in [1.54, 1.807) is 0 Å². The van der Waals surface area contributed by atoms with E-state index in [1.807, 2.05) is 20.8 Å². The second kappa shape index (κ2) is 6.07. The third-order valence-electron chi connectivity index (χ3n) is 4.04. The Labute approximate surface area is 128 Å². The van der Waals surface area contributed by atoms with Gasteiger partial charge in [0.2, 0.25) is 5.91 Å². The largest absolute Gasteiger partial charge is 0.389 e. The first-order valence-corrected chi connectivity index (χ1v) is 7.27. The van der Waals surface area contributed by atoms with Crippen molar-refractivity contribution in [3.05, 3.63) is 29.6 Å². The third kappa shape index (κ3) is 3.22. The summed E-state index contributed by atoms with van der Waals surface area (Å²) in [5, 5.41) is 2.79. The molecule has 0 radical (unpaired) electrons. The summed E-state index contributed by atoms with van der Waals surface area (Å²) in [5.74, 6) is -0.756. The molecule has 0 aromatic heterocycles. The zero-order chi connectivity index (χ0) is 15.7. The lowest BCUT2D eigenvalue weighted by molar-refractivity contribution is -0.121. The van der Waals surface area contributed by atoms with Gasteiger partial charge in [-0.2, -0.15) is 0 Å². The number of thiocarbonyl (C=S) groups is 1. The van der Waals surface area contributed by atoms with Gasteiger partial charge in [0.15, 0.2) is 0 Å². The molecule has 1 heterocycles. The van der Waals surface area contributed by atoms with Crippen molar-refractivity contribution in [1.29, 1.82) is 0 Å². The first kappa shape index (κ1) is 15.9. The van der Waals surface area contributed by atoms with Gasteiger partial charge in [0.05, 0.1) is 18.1 Å². The number of halogens is 1. The van der Waals surface area contributed by atoms with Crippen LogP contribution in [-0.4, -0.2) is 23.1 Å². The molecule has 3 N–H and O–H groups in total. The average Bonchev–Trinajstić information content (AvgIpc) is 2.65. The smallest absolute Gasteiger partial charge is 0.230 e. The number of carbonyl (C=O) groups is 1. The first-order valence-electron chi connectivity index (χ1n) is 6.87. The Hall–Kier alpha value is -1.53. The predicted molar refractivity (Wildman–Crippen MR) is 83.6 cm³/mol. The number of rotatable bonds is 3. The normalized spacial score (nSPS) is 28.4. The van der Waals surface area contributed by atoms with Crippen LogP contribution >= 0.6 is 12.2 Å². The molecule has 21 heavy (non-hydrogen) atoms. The quantitative estimate of drug-likeness (QED) is 0.842. The van der Waals surface area contributed by atoms with E-state index in [0.717, 1.165) is 0 Å². The van der Waals surface area contributed by atoms with Crippen LogP contribution in [0.25, 0.3) is 0 Å². The summed E-state index contributed by atoms with van der Waals surface area (Å²) in [6.45, 7) is 5.83. The fourth-order valence-electron chi connectivity index (χ4n) is 2.74. The second-order valence-corrected chi connectivity index (χ2v) is 5.92. The number of amides is 1. The average molecular weight is 310 g/mol. The summed E-state index contributed by atoms with van der Waals surface area (Å²) in [7, 11) is 0. The molecule has 4 nitrogen and oxygen atoms in total. The molecule has 1 aromatic carbocycles. The van der Waals surface area contributed by atoms with Crippen molar-refractivity contribution < 1.29 is 13.9 Å². The second-order valence-electron chi connectivity index (χ2n) is 5.48. The summed E-state index contributed by atoms with van der Waals surface area (Å²) in [6, 6.07) is 4.18. The predicted octanol–water partition coefficient (Wildman–Crippen LogP) is 2.46. The number of benzene rings is 1. The third-order valence-corrected chi connectivity index (χ3v) is 4.26. The lowest BCUT2D eigenvalue weighted by Gasteiger charge is -2.18. The summed E-state index contributed by atoms with van der Waals surface area (Å²) >= 11 is 4.79. The summed E-state index contributed by atoms with van der Waals surface area (Å²) < 4.78 is 19.2. The molecule has 1 amide bonds. The molecular weight excluding hydrogens is 291 g/mol. The van der Waals surface area contributed by atoms with Crippen LogP contribution in [0.5, 0.6) is 0 Å². The Morgan fingerprint density at radius 1 is 1.33 bits per heavy atom. The summed E-state index contributed by atoms with van der Waals surface area (Å²) in [5.41, 5.74) is 6.06. The van der Waals surface area contributed by atoms with Crippen molar-refractivity contribution in [2.24, 2.45) is 17.6 Å². The lowest BCUT2D eigenvalue weighted by atomic mass is 9.89. The summed E-state index contributed by atoms with van der Waals surface area (Å²) in [4.78, 5) is 12.4. The lowest BCUT2D eigenvalue weighted by Crippen LogP contribution is -2.32. The molecule has 2 rings (SSSR count). The molecule has 1 aromatic rings. The van der Waals surface area contributed by atoms with Gasteiger partial charge in [0.1, 0.15) is 10.8 Å². The molecular formula is C15H19FN2O2S. The molecule has 0 saturated carbocycles. The van der Waals surface area contributed by atoms with Crippen LogP contribution in [0.4, 0.5) is 10.1 Å². The molecule has 1 aliphatic heterocycles. The van der Waals surface area contributed by atoms with Gasteiger partial charge in [-0.1, -0.05) is 19.1 Å². The minimum atomic E-state index is -0.500. The van der Waals surface area contributed by atoms with Crippen molar-refractivity contribution >= 4 is 28.8 Å². The SMILES string of the molecule is CC1OC(C)C(C(=O)Nc2ccc(F)c(C(N)=S)c2)C1C. The van der Waals surface area contributed by atoms with Crippen LogP contribution in [0.15, 0.2) is 18.2 Å². The van der Waals surface area contributed by atoms with E-state index < -0.39 is 5.82 Å². The van der Waals surface area contributed by atoms with Crippen LogP contribution < -0.4 is 11.1 Å². The van der Waals surface area contributed by atoms with Crippen LogP contribution in [0.1, 0.15) is 26.3 Å². The Balaban J connectivity index is 2.17. The highest BCUT2D eigenvalue weighted by atomic mass is 32.1. The molecule has 114 valence electrons. The summed E-state index contributed by atoms with van der Waals surface area (Å²) in [6.07, 6.45) is -0.110. The number of hydrogen-bond donors (Lipinski definition) is 2. The van der Waals surface area contributed by atoms with Gasteiger partial charge < -0.3 is 15.8 Å². The zero-order valence-corrected chi connectivity index (χ0v) is 13.0. The number of hydrogen-bond acceptors (Lipinski definition) is 3. The van der Waals surface area contributed by atoms with Crippen molar-refractivity contribution in [2.45, 2.75) is 33.0 Å². The van der Waals surface area contributed by atoms with Crippen LogP contribution in [0.3, 0.4) is 0 Å². The molecule has 0 spiro atoms. The number of nitrogens with two attached hydrogens (primary N) is 1. The van der Waals surface area contributed by atoms with E-state index in [9.17, 15) is 9.18 Å². The molecule has 0 bridgehead atoms. The van der Waals surface area contributed by atoms with E-state index in [1.165, 1.54) is 18.2 Å². The Morgan fingerprint density at radius 3 is 2.52 bits per heavy atom. The van der Waals surface area contributed by atoms with Gasteiger partial charge in [-0.15, -0.1) is 0 Å². The molecule has 0 aliphatic carbocycles. The van der Waals surface area contributed by atoms with Crippen LogP contribution in [0.2, 0.25) is 0 Å². The Bertz CT molecular complexity index is 579. The van der Waals surface area contributed by atoms with Gasteiger partial charge in [0, 0.05) is 11.3 Å². The minimum absolute atomic E-state index is 0.0381. The van der Waals surface area contributed by atoms with Crippen LogP contribution in [0, 0.1) is 17.7 Å². The monoisotopic (exact) mass is 310 g/mol. The number of anilines is 1. The van der Waals surface area contributed by atoms with E-state index in [4.69, 9.17) is 22.7 Å². The van der Waals surface area contributed by atoms with E-state index >= 15 is 0 Å². The molecule has 4 unspecified atom stereocenters. The van der Waals surface area contributed by atoms with Crippen molar-refractivity contribution in [3.63, 3.8) is 0 Å². The fourth-order valence-corrected chi connectivity index (χ4v) is 2.89. The maximum Gasteiger partial charge on any atom is 0.230 e. The standard InChI is InChI=1S/C15H19FN2O2S/c1-7-8(2)20-9(3)13(7)15(19)18-10-4-5-12(16)11(6-10)14(17)21/h4-9,13H,1-3H3,(H2,17,21)(H,18,19).